The molecule has 0 unspecified atom stereocenters. The lowest BCUT2D eigenvalue weighted by Crippen LogP contribution is -2.46. The number of para-hydroxylation sites is 3. The van der Waals surface area contributed by atoms with Gasteiger partial charge in [-0.15, -0.1) is 0 Å². The van der Waals surface area contributed by atoms with Crippen molar-refractivity contribution in [2.75, 3.05) is 37.6 Å². The minimum atomic E-state index is 0.797. The number of ether oxygens (including phenoxy) is 1. The second-order valence-corrected chi connectivity index (χ2v) is 8.76. The Balaban J connectivity index is 1.15. The summed E-state index contributed by atoms with van der Waals surface area (Å²) in [4.78, 5) is 8.37. The summed E-state index contributed by atoms with van der Waals surface area (Å²) in [7, 11) is 0. The van der Waals surface area contributed by atoms with E-state index in [4.69, 9.17) is 16.3 Å². The van der Waals surface area contributed by atoms with Gasteiger partial charge in [-0.05, 0) is 67.4 Å². The zero-order valence-electron chi connectivity index (χ0n) is 18.1. The molecule has 0 bridgehead atoms. The number of aromatic amines is 1. The maximum Gasteiger partial charge on any atom is 0.150 e. The van der Waals surface area contributed by atoms with Crippen LogP contribution in [0.2, 0.25) is 5.02 Å². The van der Waals surface area contributed by atoms with Crippen LogP contribution in [0, 0.1) is 0 Å². The van der Waals surface area contributed by atoms with Crippen molar-refractivity contribution >= 4 is 28.2 Å². The molecule has 5 heteroatoms. The predicted octanol–water partition coefficient (Wildman–Crippen LogP) is 6.37. The lowest BCUT2D eigenvalue weighted by Gasteiger charge is -2.36. The van der Waals surface area contributed by atoms with Crippen LogP contribution in [-0.2, 0) is 6.42 Å². The van der Waals surface area contributed by atoms with Gasteiger partial charge in [0.1, 0.15) is 5.75 Å². The highest BCUT2D eigenvalue weighted by Crippen LogP contribution is 2.32. The number of hydrogen-bond donors (Lipinski definition) is 1. The first-order chi connectivity index (χ1) is 15.8. The van der Waals surface area contributed by atoms with E-state index in [1.54, 1.807) is 0 Å². The van der Waals surface area contributed by atoms with Crippen molar-refractivity contribution in [2.45, 2.75) is 12.8 Å². The molecule has 0 saturated carbocycles. The zero-order valence-corrected chi connectivity index (χ0v) is 18.9. The Morgan fingerprint density at radius 1 is 0.875 bits per heavy atom. The molecule has 0 radical (unpaired) electrons. The van der Waals surface area contributed by atoms with E-state index in [0.717, 1.165) is 67.6 Å². The molecule has 4 aromatic rings. The van der Waals surface area contributed by atoms with Crippen molar-refractivity contribution in [3.63, 3.8) is 0 Å². The van der Waals surface area contributed by atoms with Crippen LogP contribution in [0.25, 0.3) is 10.9 Å². The molecule has 0 aliphatic carbocycles. The van der Waals surface area contributed by atoms with Gasteiger partial charge in [0.15, 0.2) is 5.75 Å². The van der Waals surface area contributed by atoms with Crippen LogP contribution in [0.15, 0.2) is 79.0 Å². The molecule has 3 aromatic carbocycles. The van der Waals surface area contributed by atoms with E-state index >= 15 is 0 Å². The Morgan fingerprint density at radius 2 is 1.66 bits per heavy atom. The fourth-order valence-electron chi connectivity index (χ4n) is 4.48. The number of benzene rings is 3. The molecule has 2 heterocycles. The molecule has 32 heavy (non-hydrogen) atoms. The molecular formula is C27H28ClN3O. The Morgan fingerprint density at radius 3 is 2.50 bits per heavy atom. The van der Waals surface area contributed by atoms with Gasteiger partial charge < -0.3 is 14.6 Å². The Kier molecular flexibility index (Phi) is 6.33. The van der Waals surface area contributed by atoms with E-state index in [-0.39, 0.29) is 0 Å². The number of nitrogens with one attached hydrogen (secondary N) is 1. The van der Waals surface area contributed by atoms with Gasteiger partial charge in [-0.3, -0.25) is 4.90 Å². The van der Waals surface area contributed by atoms with Crippen molar-refractivity contribution in [3.8, 4) is 11.5 Å². The molecular weight excluding hydrogens is 418 g/mol. The standard InChI is InChI=1S/C27H28ClN3O/c28-22-12-13-25-24(19-22)21(20-29-25)7-6-14-30-15-17-31(18-16-30)26-10-4-5-11-27(26)32-23-8-2-1-3-9-23/h1-5,8-13,19-20,29H,6-7,14-18H2. The quantitative estimate of drug-likeness (QED) is 0.358. The first-order valence-electron chi connectivity index (χ1n) is 11.3. The number of halogens is 1. The molecule has 1 aliphatic rings. The normalized spacial score (nSPS) is 14.7. The molecule has 1 saturated heterocycles. The van der Waals surface area contributed by atoms with Crippen molar-refractivity contribution in [3.05, 3.63) is 89.6 Å². The molecule has 1 aromatic heterocycles. The van der Waals surface area contributed by atoms with Gasteiger partial charge in [-0.1, -0.05) is 41.9 Å². The second kappa shape index (κ2) is 9.68. The summed E-state index contributed by atoms with van der Waals surface area (Å²) in [6.07, 6.45) is 4.34. The predicted molar refractivity (Wildman–Crippen MR) is 133 cm³/mol. The average Bonchev–Trinajstić information content (AvgIpc) is 3.23. The number of anilines is 1. The zero-order chi connectivity index (χ0) is 21.8. The van der Waals surface area contributed by atoms with Crippen LogP contribution in [0.3, 0.4) is 0 Å². The minimum Gasteiger partial charge on any atom is -0.455 e. The van der Waals surface area contributed by atoms with Gasteiger partial charge in [0.05, 0.1) is 5.69 Å². The van der Waals surface area contributed by atoms with Crippen molar-refractivity contribution in [1.29, 1.82) is 0 Å². The van der Waals surface area contributed by atoms with E-state index in [2.05, 4.69) is 51.3 Å². The summed E-state index contributed by atoms with van der Waals surface area (Å²) in [5, 5.41) is 2.04. The third-order valence-corrected chi connectivity index (χ3v) is 6.43. The number of piperazine rings is 1. The van der Waals surface area contributed by atoms with Crippen LogP contribution in [0.4, 0.5) is 5.69 Å². The van der Waals surface area contributed by atoms with Crippen LogP contribution in [0.1, 0.15) is 12.0 Å². The van der Waals surface area contributed by atoms with E-state index < -0.39 is 0 Å². The summed E-state index contributed by atoms with van der Waals surface area (Å²) >= 11 is 6.19. The van der Waals surface area contributed by atoms with Crippen LogP contribution >= 0.6 is 11.6 Å². The monoisotopic (exact) mass is 445 g/mol. The van der Waals surface area contributed by atoms with E-state index in [9.17, 15) is 0 Å². The molecule has 0 atom stereocenters. The fourth-order valence-corrected chi connectivity index (χ4v) is 4.66. The summed E-state index contributed by atoms with van der Waals surface area (Å²) in [5.41, 5.74) is 3.69. The number of hydrogen-bond acceptors (Lipinski definition) is 3. The first-order valence-corrected chi connectivity index (χ1v) is 11.7. The van der Waals surface area contributed by atoms with E-state index in [0.29, 0.717) is 0 Å². The third kappa shape index (κ3) is 4.77. The Bertz CT molecular complexity index is 1170. The molecule has 1 aliphatic heterocycles. The summed E-state index contributed by atoms with van der Waals surface area (Å²) in [6.45, 7) is 5.28. The smallest absolute Gasteiger partial charge is 0.150 e. The van der Waals surface area contributed by atoms with Crippen molar-refractivity contribution < 1.29 is 4.74 Å². The van der Waals surface area contributed by atoms with Crippen LogP contribution < -0.4 is 9.64 Å². The number of aryl methyl sites for hydroxylation is 1. The van der Waals surface area contributed by atoms with Crippen molar-refractivity contribution in [2.24, 2.45) is 0 Å². The minimum absolute atomic E-state index is 0.797. The Labute approximate surface area is 194 Å². The molecule has 164 valence electrons. The fraction of sp³-hybridized carbons (Fsp3) is 0.259. The molecule has 0 spiro atoms. The summed E-state index contributed by atoms with van der Waals surface area (Å²) < 4.78 is 6.17. The first kappa shape index (κ1) is 20.9. The molecule has 1 fully saturated rings. The molecule has 4 nitrogen and oxygen atoms in total. The number of rotatable bonds is 7. The lowest BCUT2D eigenvalue weighted by molar-refractivity contribution is 0.254. The Hall–Kier alpha value is -2.95. The van der Waals surface area contributed by atoms with Gasteiger partial charge in [0.25, 0.3) is 0 Å². The SMILES string of the molecule is Clc1ccc2[nH]cc(CCCN3CCN(c4ccccc4Oc4ccccc4)CC3)c2c1. The van der Waals surface area contributed by atoms with Gasteiger partial charge in [0, 0.05) is 48.3 Å². The highest BCUT2D eigenvalue weighted by atomic mass is 35.5. The molecule has 5 rings (SSSR count). The molecule has 0 amide bonds. The van der Waals surface area contributed by atoms with E-state index in [1.165, 1.54) is 16.6 Å². The lowest BCUT2D eigenvalue weighted by atomic mass is 10.1. The van der Waals surface area contributed by atoms with Gasteiger partial charge >= 0.3 is 0 Å². The maximum absolute atomic E-state index is 6.19. The van der Waals surface area contributed by atoms with E-state index in [1.807, 2.05) is 42.5 Å². The highest BCUT2D eigenvalue weighted by Gasteiger charge is 2.20. The number of fused-ring (bicyclic) bond motifs is 1. The molecule has 1 N–H and O–H groups in total. The summed E-state index contributed by atoms with van der Waals surface area (Å²) in [5.74, 6) is 1.79. The average molecular weight is 446 g/mol. The van der Waals surface area contributed by atoms with Gasteiger partial charge in [-0.2, -0.15) is 0 Å². The maximum atomic E-state index is 6.19. The van der Waals surface area contributed by atoms with Crippen LogP contribution in [0.5, 0.6) is 11.5 Å². The van der Waals surface area contributed by atoms with Crippen LogP contribution in [-0.4, -0.2) is 42.6 Å². The van der Waals surface area contributed by atoms with Gasteiger partial charge in [0.2, 0.25) is 0 Å². The highest BCUT2D eigenvalue weighted by molar-refractivity contribution is 6.31. The largest absolute Gasteiger partial charge is 0.455 e. The number of H-pyrrole nitrogens is 1. The van der Waals surface area contributed by atoms with Gasteiger partial charge in [-0.25, -0.2) is 0 Å². The number of aromatic nitrogens is 1. The summed E-state index contributed by atoms with van der Waals surface area (Å²) in [6, 6.07) is 24.4. The number of nitrogens with zero attached hydrogens (tertiary/aromatic N) is 2. The second-order valence-electron chi connectivity index (χ2n) is 8.32. The van der Waals surface area contributed by atoms with Crippen molar-refractivity contribution in [1.82, 2.24) is 9.88 Å². The topological polar surface area (TPSA) is 31.5 Å². The third-order valence-electron chi connectivity index (χ3n) is 6.20.